The van der Waals surface area contributed by atoms with Crippen LogP contribution < -0.4 is 5.32 Å². The van der Waals surface area contributed by atoms with Crippen molar-refractivity contribution in [3.8, 4) is 0 Å². The van der Waals surface area contributed by atoms with Crippen LogP contribution in [0.3, 0.4) is 0 Å². The Morgan fingerprint density at radius 2 is 0.600 bits per heavy atom. The minimum absolute atomic E-state index is 0.0734. The molecular formula is C71H129NO3. The van der Waals surface area contributed by atoms with Crippen molar-refractivity contribution in [2.75, 3.05) is 6.61 Å². The minimum atomic E-state index is -0.873. The van der Waals surface area contributed by atoms with Crippen LogP contribution in [0.25, 0.3) is 0 Å². The molecule has 4 nitrogen and oxygen atoms in total. The molecule has 0 heterocycles. The Labute approximate surface area is 469 Å². The molecule has 0 saturated carbocycles. The van der Waals surface area contributed by atoms with Gasteiger partial charge in [0.25, 0.3) is 0 Å². The van der Waals surface area contributed by atoms with Crippen LogP contribution in [-0.2, 0) is 4.79 Å². The summed E-state index contributed by atoms with van der Waals surface area (Å²) in [6.45, 7) is 4.21. The predicted molar refractivity (Wildman–Crippen MR) is 336 cm³/mol. The van der Waals surface area contributed by atoms with Crippen molar-refractivity contribution in [3.63, 3.8) is 0 Å². The van der Waals surface area contributed by atoms with Gasteiger partial charge in [0, 0.05) is 6.42 Å². The van der Waals surface area contributed by atoms with E-state index in [1.54, 1.807) is 6.08 Å². The third-order valence-corrected chi connectivity index (χ3v) is 15.1. The van der Waals surface area contributed by atoms with Gasteiger partial charge in [0.05, 0.1) is 18.8 Å². The summed E-state index contributed by atoms with van der Waals surface area (Å²) in [7, 11) is 0. The van der Waals surface area contributed by atoms with Crippen molar-refractivity contribution < 1.29 is 15.0 Å². The number of hydrogen-bond acceptors (Lipinski definition) is 3. The smallest absolute Gasteiger partial charge is 0.220 e. The average molecular weight is 1040 g/mol. The molecule has 0 aromatic rings. The van der Waals surface area contributed by atoms with Gasteiger partial charge in [-0.15, -0.1) is 0 Å². The van der Waals surface area contributed by atoms with Crippen LogP contribution in [0.2, 0.25) is 0 Å². The minimum Gasteiger partial charge on any atom is -0.394 e. The van der Waals surface area contributed by atoms with E-state index in [9.17, 15) is 15.0 Å². The van der Waals surface area contributed by atoms with Gasteiger partial charge in [-0.2, -0.15) is 0 Å². The molecule has 3 N–H and O–H groups in total. The van der Waals surface area contributed by atoms with Gasteiger partial charge in [-0.25, -0.2) is 0 Å². The fourth-order valence-corrected chi connectivity index (χ4v) is 10.1. The zero-order valence-corrected chi connectivity index (χ0v) is 50.3. The number of aliphatic hydroxyl groups excluding tert-OH is 2. The summed E-state index contributed by atoms with van der Waals surface area (Å²) in [5.74, 6) is -0.0734. The highest BCUT2D eigenvalue weighted by Gasteiger charge is 2.18. The highest BCUT2D eigenvalue weighted by Crippen LogP contribution is 2.18. The fraction of sp³-hybridized carbons (Fsp3) is 0.789. The van der Waals surface area contributed by atoms with Crippen molar-refractivity contribution in [2.45, 2.75) is 353 Å². The first-order valence-corrected chi connectivity index (χ1v) is 33.3. The average Bonchev–Trinajstić information content (AvgIpc) is 3.41. The highest BCUT2D eigenvalue weighted by molar-refractivity contribution is 5.76. The number of hydrogen-bond donors (Lipinski definition) is 3. The largest absolute Gasteiger partial charge is 0.394 e. The van der Waals surface area contributed by atoms with Gasteiger partial charge in [0.15, 0.2) is 0 Å². The topological polar surface area (TPSA) is 69.6 Å². The first kappa shape index (κ1) is 72.6. The van der Waals surface area contributed by atoms with Crippen molar-refractivity contribution in [3.05, 3.63) is 85.1 Å². The molecule has 436 valence electrons. The van der Waals surface area contributed by atoms with E-state index in [1.165, 1.54) is 257 Å². The quantitative estimate of drug-likeness (QED) is 0.0420. The molecule has 4 heteroatoms. The second kappa shape index (κ2) is 65.9. The van der Waals surface area contributed by atoms with Crippen LogP contribution in [0.5, 0.6) is 0 Å². The van der Waals surface area contributed by atoms with Crippen LogP contribution >= 0.6 is 0 Å². The lowest BCUT2D eigenvalue weighted by atomic mass is 10.0. The van der Waals surface area contributed by atoms with Crippen LogP contribution in [0, 0.1) is 0 Å². The zero-order valence-electron chi connectivity index (χ0n) is 50.3. The Morgan fingerprint density at radius 1 is 0.333 bits per heavy atom. The molecule has 0 aliphatic carbocycles. The number of carbonyl (C=O) groups excluding carboxylic acids is 1. The van der Waals surface area contributed by atoms with E-state index in [0.717, 1.165) is 64.2 Å². The molecular weight excluding hydrogens is 915 g/mol. The van der Waals surface area contributed by atoms with Crippen LogP contribution in [0.1, 0.15) is 341 Å². The number of nitrogens with one attached hydrogen (secondary N) is 1. The molecule has 2 atom stereocenters. The van der Waals surface area contributed by atoms with Crippen molar-refractivity contribution in [1.29, 1.82) is 0 Å². The Balaban J connectivity index is 3.48. The standard InChI is InChI=1S/C71H129NO3/c1-3-5-7-9-11-13-15-17-19-21-23-25-27-29-31-32-33-34-35-36-37-38-39-40-41-43-45-47-49-51-53-55-57-59-61-63-65-67-71(75)72-69(68-73)70(74)66-64-62-60-58-56-54-52-50-48-46-44-42-30-28-26-24-22-20-18-16-14-12-10-8-6-4-2/h5,7,11,13,17,19,23,25,48,50,56,58,64,66,69-70,73-74H,3-4,6,8-10,12,14-16,18,20-22,24,26-47,49,51-55,57,59-63,65,67-68H2,1-2H3,(H,72,75)/b7-5-,13-11-,19-17-,25-23-,50-48+,58-56+,66-64+. The van der Waals surface area contributed by atoms with Crippen LogP contribution in [0.15, 0.2) is 85.1 Å². The summed E-state index contributed by atoms with van der Waals surface area (Å²) in [6, 6.07) is -0.649. The summed E-state index contributed by atoms with van der Waals surface area (Å²) in [5, 5.41) is 23.2. The number of rotatable bonds is 61. The summed E-state index contributed by atoms with van der Waals surface area (Å²) >= 11 is 0. The van der Waals surface area contributed by atoms with Gasteiger partial charge in [-0.3, -0.25) is 4.79 Å². The number of carbonyl (C=O) groups is 1. The zero-order chi connectivity index (χ0) is 54.1. The maximum Gasteiger partial charge on any atom is 0.220 e. The Kier molecular flexibility index (Phi) is 63.7. The molecule has 1 amide bonds. The molecule has 75 heavy (non-hydrogen) atoms. The Bertz CT molecular complexity index is 1320. The second-order valence-electron chi connectivity index (χ2n) is 22.5. The molecule has 0 radical (unpaired) electrons. The van der Waals surface area contributed by atoms with E-state index in [-0.39, 0.29) is 12.5 Å². The molecule has 0 aliphatic rings. The molecule has 0 fully saturated rings. The van der Waals surface area contributed by atoms with Gasteiger partial charge >= 0.3 is 0 Å². The maximum atomic E-state index is 12.5. The van der Waals surface area contributed by atoms with Gasteiger partial charge in [0.1, 0.15) is 0 Å². The van der Waals surface area contributed by atoms with E-state index in [0.29, 0.717) is 6.42 Å². The highest BCUT2D eigenvalue weighted by atomic mass is 16.3. The number of unbranched alkanes of at least 4 members (excludes halogenated alkanes) is 42. The fourth-order valence-electron chi connectivity index (χ4n) is 10.1. The lowest BCUT2D eigenvalue weighted by Gasteiger charge is -2.19. The van der Waals surface area contributed by atoms with Gasteiger partial charge in [-0.05, 0) is 83.5 Å². The number of amides is 1. The van der Waals surface area contributed by atoms with E-state index >= 15 is 0 Å². The molecule has 0 aromatic carbocycles. The van der Waals surface area contributed by atoms with Crippen molar-refractivity contribution >= 4 is 5.91 Å². The van der Waals surface area contributed by atoms with Gasteiger partial charge in [0.2, 0.25) is 5.91 Å². The lowest BCUT2D eigenvalue weighted by molar-refractivity contribution is -0.123. The predicted octanol–water partition coefficient (Wildman–Crippen LogP) is 22.7. The monoisotopic (exact) mass is 1040 g/mol. The molecule has 0 aliphatic heterocycles. The van der Waals surface area contributed by atoms with E-state index in [1.807, 2.05) is 6.08 Å². The Hall–Kier alpha value is -2.43. The summed E-state index contributed by atoms with van der Waals surface area (Å²) in [6.07, 6.45) is 96.6. The number of aliphatic hydroxyl groups is 2. The van der Waals surface area contributed by atoms with Gasteiger partial charge < -0.3 is 15.5 Å². The van der Waals surface area contributed by atoms with Crippen LogP contribution in [-0.4, -0.2) is 34.9 Å². The van der Waals surface area contributed by atoms with Gasteiger partial charge in [-0.1, -0.05) is 336 Å². The van der Waals surface area contributed by atoms with Crippen LogP contribution in [0.4, 0.5) is 0 Å². The summed E-state index contributed by atoms with van der Waals surface area (Å²) in [4.78, 5) is 12.5. The number of allylic oxidation sites excluding steroid dienone is 13. The van der Waals surface area contributed by atoms with Crippen molar-refractivity contribution in [1.82, 2.24) is 5.32 Å². The normalized spacial score (nSPS) is 13.3. The molecule has 0 saturated heterocycles. The third kappa shape index (κ3) is 62.3. The molecule has 0 aromatic heterocycles. The molecule has 0 bridgehead atoms. The van der Waals surface area contributed by atoms with E-state index < -0.39 is 12.1 Å². The van der Waals surface area contributed by atoms with Crippen molar-refractivity contribution in [2.24, 2.45) is 0 Å². The molecule has 0 rings (SSSR count). The lowest BCUT2D eigenvalue weighted by Crippen LogP contribution is -2.45. The summed E-state index contributed by atoms with van der Waals surface area (Å²) in [5.41, 5.74) is 0. The SMILES string of the molecule is CC/C=C\C/C=C\C/C=C\C/C=C\CCCCCCCCCCCCCCCCCCCCCCCCCCC(=O)NC(CO)C(O)/C=C/CC/C=C/CC/C=C/CCCCCCCCCCCCCCCCCC. The Morgan fingerprint density at radius 3 is 0.933 bits per heavy atom. The van der Waals surface area contributed by atoms with E-state index in [2.05, 4.69) is 92.1 Å². The molecule has 2 unspecified atom stereocenters. The van der Waals surface area contributed by atoms with E-state index in [4.69, 9.17) is 0 Å². The maximum absolute atomic E-state index is 12.5. The first-order chi connectivity index (χ1) is 37.2. The summed E-state index contributed by atoms with van der Waals surface area (Å²) < 4.78 is 0. The molecule has 0 spiro atoms. The second-order valence-corrected chi connectivity index (χ2v) is 22.5. The third-order valence-electron chi connectivity index (χ3n) is 15.1. The first-order valence-electron chi connectivity index (χ1n) is 33.3.